The van der Waals surface area contributed by atoms with Gasteiger partial charge in [-0.05, 0) is 56.4 Å². The summed E-state index contributed by atoms with van der Waals surface area (Å²) < 4.78 is 13.7. The number of hydrogen-bond donors (Lipinski definition) is 1. The first-order valence-electron chi connectivity index (χ1n) is 8.40. The van der Waals surface area contributed by atoms with E-state index in [0.29, 0.717) is 12.1 Å². The molecule has 2 aliphatic rings. The standard InChI is InChI=1S/C18H27FN2/c1-13-8-16(19)10-17(9-13)21-12-18(20-11-14(21)2)15-6-4-3-5-7-15/h8-10,14-15,18,20H,3-7,11-12H2,1-2H3. The minimum atomic E-state index is -0.120. The van der Waals surface area contributed by atoms with Gasteiger partial charge in [-0.25, -0.2) is 4.39 Å². The van der Waals surface area contributed by atoms with E-state index in [9.17, 15) is 4.39 Å². The van der Waals surface area contributed by atoms with E-state index in [1.54, 1.807) is 12.1 Å². The van der Waals surface area contributed by atoms with E-state index in [-0.39, 0.29) is 5.82 Å². The molecule has 1 aliphatic heterocycles. The maximum Gasteiger partial charge on any atom is 0.125 e. The SMILES string of the molecule is Cc1cc(F)cc(N2CC(C3CCCCC3)NCC2C)c1. The van der Waals surface area contributed by atoms with Crippen molar-refractivity contribution in [3.8, 4) is 0 Å². The molecular weight excluding hydrogens is 263 g/mol. The molecule has 0 radical (unpaired) electrons. The molecule has 1 aromatic carbocycles. The lowest BCUT2D eigenvalue weighted by molar-refractivity contribution is 0.245. The van der Waals surface area contributed by atoms with Crippen LogP contribution in [0.1, 0.15) is 44.6 Å². The average molecular weight is 290 g/mol. The molecule has 1 heterocycles. The van der Waals surface area contributed by atoms with E-state index in [0.717, 1.165) is 30.3 Å². The predicted octanol–water partition coefficient (Wildman–Crippen LogP) is 3.88. The van der Waals surface area contributed by atoms with Crippen LogP contribution in [-0.4, -0.2) is 25.2 Å². The molecule has 2 unspecified atom stereocenters. The van der Waals surface area contributed by atoms with Crippen LogP contribution in [0.4, 0.5) is 10.1 Å². The Morgan fingerprint density at radius 2 is 1.90 bits per heavy atom. The van der Waals surface area contributed by atoms with Gasteiger partial charge < -0.3 is 10.2 Å². The molecule has 2 atom stereocenters. The van der Waals surface area contributed by atoms with Gasteiger partial charge in [-0.15, -0.1) is 0 Å². The van der Waals surface area contributed by atoms with Gasteiger partial charge in [0.2, 0.25) is 0 Å². The van der Waals surface area contributed by atoms with Crippen LogP contribution in [0.15, 0.2) is 18.2 Å². The van der Waals surface area contributed by atoms with Crippen LogP contribution in [0.3, 0.4) is 0 Å². The Morgan fingerprint density at radius 3 is 2.62 bits per heavy atom. The Labute approximate surface area is 127 Å². The number of rotatable bonds is 2. The lowest BCUT2D eigenvalue weighted by Crippen LogP contribution is -2.58. The van der Waals surface area contributed by atoms with Gasteiger partial charge in [0.05, 0.1) is 0 Å². The summed E-state index contributed by atoms with van der Waals surface area (Å²) in [6, 6.07) is 6.39. The number of hydrogen-bond acceptors (Lipinski definition) is 2. The van der Waals surface area contributed by atoms with Crippen molar-refractivity contribution in [1.82, 2.24) is 5.32 Å². The van der Waals surface area contributed by atoms with Crippen molar-refractivity contribution in [2.24, 2.45) is 5.92 Å². The summed E-state index contributed by atoms with van der Waals surface area (Å²) in [6.45, 7) is 6.20. The zero-order valence-electron chi connectivity index (χ0n) is 13.2. The maximum absolute atomic E-state index is 13.7. The number of aryl methyl sites for hydroxylation is 1. The first-order chi connectivity index (χ1) is 10.1. The molecule has 1 saturated carbocycles. The summed E-state index contributed by atoms with van der Waals surface area (Å²) in [4.78, 5) is 2.39. The number of nitrogens with one attached hydrogen (secondary N) is 1. The first kappa shape index (κ1) is 14.8. The van der Waals surface area contributed by atoms with Crippen molar-refractivity contribution in [2.75, 3.05) is 18.0 Å². The van der Waals surface area contributed by atoms with Crippen LogP contribution in [0.2, 0.25) is 0 Å². The van der Waals surface area contributed by atoms with Crippen LogP contribution in [0.25, 0.3) is 0 Å². The predicted molar refractivity (Wildman–Crippen MR) is 86.3 cm³/mol. The second-order valence-electron chi connectivity index (χ2n) is 6.90. The highest BCUT2D eigenvalue weighted by atomic mass is 19.1. The molecule has 0 amide bonds. The van der Waals surface area contributed by atoms with Gasteiger partial charge in [-0.1, -0.05) is 19.3 Å². The third-order valence-electron chi connectivity index (χ3n) is 5.18. The Balaban J connectivity index is 1.76. The molecule has 0 aromatic heterocycles. The van der Waals surface area contributed by atoms with Crippen molar-refractivity contribution in [3.63, 3.8) is 0 Å². The molecule has 1 saturated heterocycles. The molecule has 1 aliphatic carbocycles. The lowest BCUT2D eigenvalue weighted by Gasteiger charge is -2.44. The fraction of sp³-hybridized carbons (Fsp3) is 0.667. The fourth-order valence-electron chi connectivity index (χ4n) is 3.98. The second kappa shape index (κ2) is 6.35. The summed E-state index contributed by atoms with van der Waals surface area (Å²) >= 11 is 0. The molecule has 21 heavy (non-hydrogen) atoms. The number of halogens is 1. The summed E-state index contributed by atoms with van der Waals surface area (Å²) in [5.41, 5.74) is 2.05. The van der Waals surface area contributed by atoms with Crippen molar-refractivity contribution in [1.29, 1.82) is 0 Å². The first-order valence-corrected chi connectivity index (χ1v) is 8.40. The van der Waals surface area contributed by atoms with Crippen LogP contribution >= 0.6 is 0 Å². The van der Waals surface area contributed by atoms with Gasteiger partial charge in [0, 0.05) is 30.9 Å². The maximum atomic E-state index is 13.7. The zero-order chi connectivity index (χ0) is 14.8. The number of nitrogens with zero attached hydrogens (tertiary/aromatic N) is 1. The number of piperazine rings is 1. The minimum Gasteiger partial charge on any atom is -0.366 e. The molecule has 1 aromatic rings. The molecular formula is C18H27FN2. The van der Waals surface area contributed by atoms with Gasteiger partial charge in [0.15, 0.2) is 0 Å². The van der Waals surface area contributed by atoms with E-state index < -0.39 is 0 Å². The van der Waals surface area contributed by atoms with E-state index in [2.05, 4.69) is 23.2 Å². The highest BCUT2D eigenvalue weighted by Crippen LogP contribution is 2.30. The summed E-state index contributed by atoms with van der Waals surface area (Å²) in [5, 5.41) is 3.73. The largest absolute Gasteiger partial charge is 0.366 e. The van der Waals surface area contributed by atoms with Crippen molar-refractivity contribution < 1.29 is 4.39 Å². The lowest BCUT2D eigenvalue weighted by atomic mass is 9.82. The molecule has 2 nitrogen and oxygen atoms in total. The van der Waals surface area contributed by atoms with Gasteiger partial charge in [0.25, 0.3) is 0 Å². The monoisotopic (exact) mass is 290 g/mol. The van der Waals surface area contributed by atoms with E-state index in [1.165, 1.54) is 32.1 Å². The fourth-order valence-corrected chi connectivity index (χ4v) is 3.98. The quantitative estimate of drug-likeness (QED) is 0.889. The smallest absolute Gasteiger partial charge is 0.125 e. The highest BCUT2D eigenvalue weighted by Gasteiger charge is 2.31. The minimum absolute atomic E-state index is 0.120. The van der Waals surface area contributed by atoms with E-state index in [1.807, 2.05) is 6.92 Å². The third kappa shape index (κ3) is 3.39. The van der Waals surface area contributed by atoms with E-state index >= 15 is 0 Å². The molecule has 3 heteroatoms. The Bertz CT molecular complexity index is 462. The molecule has 2 fully saturated rings. The molecule has 0 bridgehead atoms. The van der Waals surface area contributed by atoms with Gasteiger partial charge >= 0.3 is 0 Å². The number of anilines is 1. The van der Waals surface area contributed by atoms with Crippen LogP contribution in [-0.2, 0) is 0 Å². The average Bonchev–Trinajstić information content (AvgIpc) is 2.47. The van der Waals surface area contributed by atoms with E-state index in [4.69, 9.17) is 0 Å². The summed E-state index contributed by atoms with van der Waals surface area (Å²) in [6.07, 6.45) is 6.84. The van der Waals surface area contributed by atoms with Crippen LogP contribution in [0, 0.1) is 18.7 Å². The Hall–Kier alpha value is -1.09. The van der Waals surface area contributed by atoms with Crippen LogP contribution < -0.4 is 10.2 Å². The summed E-state index contributed by atoms with van der Waals surface area (Å²) in [7, 11) is 0. The summed E-state index contributed by atoms with van der Waals surface area (Å²) in [5.74, 6) is 0.674. The van der Waals surface area contributed by atoms with Gasteiger partial charge in [0.1, 0.15) is 5.82 Å². The topological polar surface area (TPSA) is 15.3 Å². The zero-order valence-corrected chi connectivity index (χ0v) is 13.2. The van der Waals surface area contributed by atoms with Crippen molar-refractivity contribution in [2.45, 2.75) is 58.0 Å². The van der Waals surface area contributed by atoms with Gasteiger partial charge in [-0.2, -0.15) is 0 Å². The number of benzene rings is 1. The van der Waals surface area contributed by atoms with Gasteiger partial charge in [-0.3, -0.25) is 0 Å². The molecule has 116 valence electrons. The van der Waals surface area contributed by atoms with Crippen LogP contribution in [0.5, 0.6) is 0 Å². The van der Waals surface area contributed by atoms with Crippen molar-refractivity contribution >= 4 is 5.69 Å². The molecule has 3 rings (SSSR count). The second-order valence-corrected chi connectivity index (χ2v) is 6.90. The third-order valence-corrected chi connectivity index (χ3v) is 5.18. The molecule has 0 spiro atoms. The van der Waals surface area contributed by atoms with Crippen molar-refractivity contribution in [3.05, 3.63) is 29.6 Å². The Morgan fingerprint density at radius 1 is 1.14 bits per heavy atom. The molecule has 1 N–H and O–H groups in total. The highest BCUT2D eigenvalue weighted by molar-refractivity contribution is 5.50. The normalized spacial score (nSPS) is 27.9. The Kier molecular flexibility index (Phi) is 4.48.